The fourth-order valence-electron chi connectivity index (χ4n) is 2.26. The molecule has 2 amide bonds. The fourth-order valence-corrected chi connectivity index (χ4v) is 2.63. The Labute approximate surface area is 139 Å². The molecule has 2 N–H and O–H groups in total. The lowest BCUT2D eigenvalue weighted by Crippen LogP contribution is -2.45. The third-order valence-corrected chi connectivity index (χ3v) is 3.67. The molecule has 0 aliphatic carbocycles. The molecular formula is C14H13BrF2N2O4. The molecule has 1 aromatic carbocycles. The molecule has 0 saturated carbocycles. The Morgan fingerprint density at radius 1 is 1.39 bits per heavy atom. The number of carbonyl (C=O) groups is 2. The van der Waals surface area contributed by atoms with Crippen molar-refractivity contribution in [1.82, 2.24) is 10.6 Å². The van der Waals surface area contributed by atoms with Crippen LogP contribution in [0, 0.1) is 0 Å². The second kappa shape index (κ2) is 6.95. The maximum atomic E-state index is 12.6. The van der Waals surface area contributed by atoms with Crippen molar-refractivity contribution in [3.63, 3.8) is 0 Å². The van der Waals surface area contributed by atoms with Crippen LogP contribution in [-0.4, -0.2) is 25.7 Å². The number of ether oxygens (including phenoxy) is 2. The molecule has 1 aliphatic heterocycles. The second-order valence-electron chi connectivity index (χ2n) is 4.62. The number of rotatable bonds is 4. The van der Waals surface area contributed by atoms with Crippen molar-refractivity contribution in [2.75, 3.05) is 7.11 Å². The third kappa shape index (κ3) is 3.79. The number of amides is 2. The van der Waals surface area contributed by atoms with Crippen LogP contribution in [0.25, 0.3) is 0 Å². The second-order valence-corrected chi connectivity index (χ2v) is 5.54. The summed E-state index contributed by atoms with van der Waals surface area (Å²) in [6, 6.07) is 2.78. The highest BCUT2D eigenvalue weighted by atomic mass is 79.9. The normalized spacial score (nSPS) is 17.7. The number of hydrogen-bond acceptors (Lipinski definition) is 4. The van der Waals surface area contributed by atoms with Crippen LogP contribution < -0.4 is 15.4 Å². The van der Waals surface area contributed by atoms with Gasteiger partial charge in [0.1, 0.15) is 5.75 Å². The van der Waals surface area contributed by atoms with Gasteiger partial charge in [-0.3, -0.25) is 0 Å². The Balaban J connectivity index is 2.57. The lowest BCUT2D eigenvalue weighted by atomic mass is 9.95. The van der Waals surface area contributed by atoms with E-state index in [-0.39, 0.29) is 22.6 Å². The van der Waals surface area contributed by atoms with E-state index in [1.54, 1.807) is 0 Å². The summed E-state index contributed by atoms with van der Waals surface area (Å²) in [6.07, 6.45) is 0. The van der Waals surface area contributed by atoms with Crippen LogP contribution >= 0.6 is 15.9 Å². The molecule has 0 radical (unpaired) electrons. The van der Waals surface area contributed by atoms with E-state index in [1.807, 2.05) is 0 Å². The fraction of sp³-hybridized carbons (Fsp3) is 0.286. The molecule has 0 spiro atoms. The highest BCUT2D eigenvalue weighted by Gasteiger charge is 2.34. The molecule has 0 aromatic heterocycles. The van der Waals surface area contributed by atoms with Crippen LogP contribution in [-0.2, 0) is 9.53 Å². The molecule has 6 nitrogen and oxygen atoms in total. The van der Waals surface area contributed by atoms with Crippen molar-refractivity contribution in [3.8, 4) is 5.75 Å². The standard InChI is InChI=1S/C14H13BrF2N2O4/c1-6-10(12(20)22-2)11(19-14(21)18-6)8-5-7(15)3-4-9(8)23-13(16)17/h3-5,11,13H,1-2H3,(H2,18,19,21)/t11-/m0/s1. The highest BCUT2D eigenvalue weighted by molar-refractivity contribution is 9.10. The molecular weight excluding hydrogens is 378 g/mol. The van der Waals surface area contributed by atoms with E-state index in [2.05, 4.69) is 31.3 Å². The topological polar surface area (TPSA) is 76.7 Å². The van der Waals surface area contributed by atoms with Gasteiger partial charge in [0.2, 0.25) is 0 Å². The van der Waals surface area contributed by atoms with Gasteiger partial charge in [-0.2, -0.15) is 8.78 Å². The monoisotopic (exact) mass is 390 g/mol. The molecule has 0 unspecified atom stereocenters. The molecule has 1 aromatic rings. The van der Waals surface area contributed by atoms with E-state index in [1.165, 1.54) is 32.2 Å². The minimum atomic E-state index is -3.04. The number of urea groups is 1. The Hall–Kier alpha value is -2.16. The Bertz CT molecular complexity index is 679. The highest BCUT2D eigenvalue weighted by Crippen LogP contribution is 2.36. The quantitative estimate of drug-likeness (QED) is 0.775. The third-order valence-electron chi connectivity index (χ3n) is 3.17. The van der Waals surface area contributed by atoms with Crippen molar-refractivity contribution in [2.45, 2.75) is 19.6 Å². The van der Waals surface area contributed by atoms with Gasteiger partial charge in [0, 0.05) is 15.7 Å². The minimum Gasteiger partial charge on any atom is -0.466 e. The summed E-state index contributed by atoms with van der Waals surface area (Å²) in [6.45, 7) is -1.53. The molecule has 2 rings (SSSR count). The van der Waals surface area contributed by atoms with E-state index in [9.17, 15) is 18.4 Å². The zero-order valence-electron chi connectivity index (χ0n) is 12.2. The van der Waals surface area contributed by atoms with E-state index < -0.39 is 24.7 Å². The Morgan fingerprint density at radius 2 is 2.09 bits per heavy atom. The summed E-state index contributed by atoms with van der Waals surface area (Å²) in [4.78, 5) is 23.7. The van der Waals surface area contributed by atoms with E-state index in [4.69, 9.17) is 4.74 Å². The summed E-state index contributed by atoms with van der Waals surface area (Å²) in [5.41, 5.74) is 0.576. The molecule has 124 valence electrons. The van der Waals surface area contributed by atoms with Crippen LogP contribution in [0.4, 0.5) is 13.6 Å². The van der Waals surface area contributed by atoms with Gasteiger partial charge in [0.05, 0.1) is 18.7 Å². The van der Waals surface area contributed by atoms with E-state index >= 15 is 0 Å². The van der Waals surface area contributed by atoms with Gasteiger partial charge in [0.25, 0.3) is 0 Å². The number of esters is 1. The molecule has 9 heteroatoms. The Kier molecular flexibility index (Phi) is 5.19. The van der Waals surface area contributed by atoms with Crippen molar-refractivity contribution in [3.05, 3.63) is 39.5 Å². The summed E-state index contributed by atoms with van der Waals surface area (Å²) in [5, 5.41) is 4.96. The van der Waals surface area contributed by atoms with Gasteiger partial charge in [0.15, 0.2) is 0 Å². The average molecular weight is 391 g/mol. The van der Waals surface area contributed by atoms with Crippen LogP contribution in [0.3, 0.4) is 0 Å². The first-order chi connectivity index (χ1) is 10.8. The van der Waals surface area contributed by atoms with Gasteiger partial charge in [-0.1, -0.05) is 15.9 Å². The summed E-state index contributed by atoms with van der Waals surface area (Å²) in [5.74, 6) is -0.840. The van der Waals surface area contributed by atoms with E-state index in [0.717, 1.165) is 0 Å². The number of alkyl halides is 2. The summed E-state index contributed by atoms with van der Waals surface area (Å²) < 4.78 is 35.0. The smallest absolute Gasteiger partial charge is 0.387 e. The molecule has 0 saturated heterocycles. The lowest BCUT2D eigenvalue weighted by Gasteiger charge is -2.29. The summed E-state index contributed by atoms with van der Waals surface area (Å²) in [7, 11) is 1.19. The number of carbonyl (C=O) groups excluding carboxylic acids is 2. The number of hydrogen-bond donors (Lipinski definition) is 2. The zero-order chi connectivity index (χ0) is 17.1. The summed E-state index contributed by atoms with van der Waals surface area (Å²) >= 11 is 3.23. The van der Waals surface area contributed by atoms with Crippen molar-refractivity contribution >= 4 is 27.9 Å². The SMILES string of the molecule is COC(=O)C1=C(C)NC(=O)N[C@H]1c1cc(Br)ccc1OC(F)F. The lowest BCUT2D eigenvalue weighted by molar-refractivity contribution is -0.136. The van der Waals surface area contributed by atoms with Gasteiger partial charge < -0.3 is 20.1 Å². The average Bonchev–Trinajstić information content (AvgIpc) is 2.47. The molecule has 23 heavy (non-hydrogen) atoms. The predicted molar refractivity (Wildman–Crippen MR) is 79.9 cm³/mol. The zero-order valence-corrected chi connectivity index (χ0v) is 13.7. The Morgan fingerprint density at radius 3 is 2.70 bits per heavy atom. The van der Waals surface area contributed by atoms with Gasteiger partial charge in [-0.25, -0.2) is 9.59 Å². The number of methoxy groups -OCH3 is 1. The van der Waals surface area contributed by atoms with Crippen LogP contribution in [0.5, 0.6) is 5.75 Å². The van der Waals surface area contributed by atoms with Crippen molar-refractivity contribution < 1.29 is 27.8 Å². The van der Waals surface area contributed by atoms with Crippen LogP contribution in [0.15, 0.2) is 33.9 Å². The minimum absolute atomic E-state index is 0.101. The first-order valence-corrected chi connectivity index (χ1v) is 7.23. The van der Waals surface area contributed by atoms with Crippen molar-refractivity contribution in [2.24, 2.45) is 0 Å². The first-order valence-electron chi connectivity index (χ1n) is 6.44. The largest absolute Gasteiger partial charge is 0.466 e. The van der Waals surface area contributed by atoms with E-state index in [0.29, 0.717) is 4.47 Å². The maximum absolute atomic E-state index is 12.6. The van der Waals surface area contributed by atoms with Gasteiger partial charge in [-0.15, -0.1) is 0 Å². The van der Waals surface area contributed by atoms with Crippen LogP contribution in [0.1, 0.15) is 18.5 Å². The number of halogens is 3. The molecule has 0 fully saturated rings. The number of allylic oxidation sites excluding steroid dienone is 1. The molecule has 1 heterocycles. The predicted octanol–water partition coefficient (Wildman–Crippen LogP) is 2.85. The van der Waals surface area contributed by atoms with Crippen LogP contribution in [0.2, 0.25) is 0 Å². The number of benzene rings is 1. The molecule has 1 aliphatic rings. The van der Waals surface area contributed by atoms with Crippen molar-refractivity contribution in [1.29, 1.82) is 0 Å². The van der Waals surface area contributed by atoms with Gasteiger partial charge >= 0.3 is 18.6 Å². The first kappa shape index (κ1) is 17.2. The molecule has 1 atom stereocenters. The maximum Gasteiger partial charge on any atom is 0.387 e. The number of nitrogens with one attached hydrogen (secondary N) is 2. The van der Waals surface area contributed by atoms with Gasteiger partial charge in [-0.05, 0) is 25.1 Å². The molecule has 0 bridgehead atoms.